The number of carboxylic acid groups (broad SMARTS) is 1. The smallest absolute Gasteiger partial charge is 0.550 e. The molecule has 0 aromatic heterocycles. The van der Waals surface area contributed by atoms with E-state index in [1.165, 1.54) is 0 Å². The van der Waals surface area contributed by atoms with Crippen LogP contribution in [0.15, 0.2) is 0 Å². The fourth-order valence-electron chi connectivity index (χ4n) is 2.46. The molecule has 0 aromatic rings. The number of ether oxygens (including phenoxy) is 1. The zero-order chi connectivity index (χ0) is 33.5. The van der Waals surface area contributed by atoms with E-state index in [1.54, 1.807) is 0 Å². The molecule has 0 rings (SSSR count). The minimum atomic E-state index is -8.95. The van der Waals surface area contributed by atoms with Gasteiger partial charge in [-0.25, -0.2) is 8.42 Å². The summed E-state index contributed by atoms with van der Waals surface area (Å²) in [4.78, 5) is 21.4. The second-order valence-electron chi connectivity index (χ2n) is 7.55. The van der Waals surface area contributed by atoms with Gasteiger partial charge in [0, 0.05) is 19.1 Å². The third-order valence-corrected chi connectivity index (χ3v) is 6.87. The standard InChI is InChI=1S/C16H14F17NO6S.K/c1-2-34(5-6-40-8(37)4-3-7(35)36)41(38,39)16(32,33)14(27,28)12(23,24)10(19,20)9(17,18)11(21,22)13(25,26)15(29,30)31;/h2-6H2,1H3,(H,35,36);/q;+1/p-1. The third-order valence-electron chi connectivity index (χ3n) is 4.85. The van der Waals surface area contributed by atoms with Gasteiger partial charge in [-0.2, -0.15) is 78.9 Å². The van der Waals surface area contributed by atoms with E-state index < -0.39 is 106 Å². The molecule has 42 heavy (non-hydrogen) atoms. The molecule has 0 bridgehead atoms. The first-order valence-corrected chi connectivity index (χ1v) is 11.3. The number of esters is 1. The Morgan fingerprint density at radius 2 is 1.02 bits per heavy atom. The maximum Gasteiger partial charge on any atom is 1.00 e. The largest absolute Gasteiger partial charge is 1.00 e. The van der Waals surface area contributed by atoms with Gasteiger partial charge in [0.15, 0.2) is 0 Å². The normalized spacial score (nSPS) is 14.9. The summed E-state index contributed by atoms with van der Waals surface area (Å²) in [5.74, 6) is -55.6. The van der Waals surface area contributed by atoms with Crippen molar-refractivity contribution in [3.63, 3.8) is 0 Å². The Labute approximate surface area is 265 Å². The quantitative estimate of drug-likeness (QED) is 0.141. The van der Waals surface area contributed by atoms with Crippen molar-refractivity contribution in [1.82, 2.24) is 4.31 Å². The Balaban J connectivity index is 0. The number of hydrogen-bond donors (Lipinski definition) is 0. The van der Waals surface area contributed by atoms with Crippen LogP contribution in [0.4, 0.5) is 74.6 Å². The molecule has 0 amide bonds. The predicted octanol–water partition coefficient (Wildman–Crippen LogP) is 0.682. The SMILES string of the molecule is CCN(CCOC(=O)CCC(=O)[O-])S(=O)(=O)C(F)(F)C(F)(F)C(F)(F)C(F)(F)C(F)(F)C(F)(F)C(F)(F)C(F)(F)F.[K+]. The first kappa shape index (κ1) is 43.4. The molecule has 0 aromatic carbocycles. The fourth-order valence-corrected chi connectivity index (χ4v) is 3.89. The van der Waals surface area contributed by atoms with Gasteiger partial charge < -0.3 is 14.6 Å². The summed E-state index contributed by atoms with van der Waals surface area (Å²) in [7, 11) is -7.53. The van der Waals surface area contributed by atoms with Crippen LogP contribution < -0.4 is 56.5 Å². The minimum Gasteiger partial charge on any atom is -0.550 e. The van der Waals surface area contributed by atoms with Crippen LogP contribution in [0.1, 0.15) is 19.8 Å². The predicted molar refractivity (Wildman–Crippen MR) is 92.1 cm³/mol. The van der Waals surface area contributed by atoms with Crippen molar-refractivity contribution in [3.8, 4) is 0 Å². The van der Waals surface area contributed by atoms with E-state index in [9.17, 15) is 97.8 Å². The van der Waals surface area contributed by atoms with Crippen LogP contribution in [0, 0.1) is 0 Å². The van der Waals surface area contributed by atoms with Crippen molar-refractivity contribution in [3.05, 3.63) is 0 Å². The molecule has 0 unspecified atom stereocenters. The molecule has 0 saturated heterocycles. The second-order valence-corrected chi connectivity index (χ2v) is 9.53. The number of nitrogens with zero attached hydrogens (tertiary/aromatic N) is 1. The van der Waals surface area contributed by atoms with E-state index in [2.05, 4.69) is 4.74 Å². The van der Waals surface area contributed by atoms with Crippen molar-refractivity contribution in [2.24, 2.45) is 0 Å². The summed E-state index contributed by atoms with van der Waals surface area (Å²) in [6.45, 7) is -4.28. The third kappa shape index (κ3) is 7.07. The number of carbonyl (C=O) groups excluding carboxylic acids is 2. The molecular formula is C16H13F17KNO6S. The first-order valence-electron chi connectivity index (χ1n) is 9.83. The number of rotatable bonds is 15. The van der Waals surface area contributed by atoms with Gasteiger partial charge in [0.2, 0.25) is 0 Å². The number of carboxylic acids is 1. The van der Waals surface area contributed by atoms with E-state index >= 15 is 0 Å². The van der Waals surface area contributed by atoms with Crippen molar-refractivity contribution >= 4 is 22.0 Å². The molecule has 0 N–H and O–H groups in total. The van der Waals surface area contributed by atoms with Gasteiger partial charge in [0.1, 0.15) is 6.61 Å². The fraction of sp³-hybridized carbons (Fsp3) is 0.875. The number of halogens is 17. The van der Waals surface area contributed by atoms with Crippen molar-refractivity contribution in [2.75, 3.05) is 19.7 Å². The summed E-state index contributed by atoms with van der Waals surface area (Å²) < 4.78 is 254. The average molecular weight is 709 g/mol. The Morgan fingerprint density at radius 1 is 0.667 bits per heavy atom. The molecule has 0 aliphatic carbocycles. The maximum absolute atomic E-state index is 14.2. The van der Waals surface area contributed by atoms with Gasteiger partial charge in [0.05, 0.1) is 6.42 Å². The molecule has 26 heteroatoms. The minimum absolute atomic E-state index is 0. The Morgan fingerprint density at radius 3 is 1.36 bits per heavy atom. The summed E-state index contributed by atoms with van der Waals surface area (Å²) >= 11 is 0. The Hall–Kier alpha value is -0.704. The molecule has 0 atom stereocenters. The molecule has 0 radical (unpaired) electrons. The van der Waals surface area contributed by atoms with Gasteiger partial charge >= 0.3 is 104 Å². The van der Waals surface area contributed by atoms with Gasteiger partial charge in [-0.05, 0) is 6.42 Å². The number of likely N-dealkylation sites (N-methyl/N-ethyl adjacent to an activating group) is 1. The Kier molecular flexibility index (Phi) is 13.8. The molecular weight excluding hydrogens is 696 g/mol. The topological polar surface area (TPSA) is 104 Å². The van der Waals surface area contributed by atoms with Crippen LogP contribution in [0.25, 0.3) is 0 Å². The van der Waals surface area contributed by atoms with E-state index in [1.807, 2.05) is 0 Å². The number of hydrogen-bond acceptors (Lipinski definition) is 6. The summed E-state index contributed by atoms with van der Waals surface area (Å²) in [6, 6.07) is 0. The first-order chi connectivity index (χ1) is 17.8. The van der Waals surface area contributed by atoms with E-state index in [-0.39, 0.29) is 51.4 Å². The number of carbonyl (C=O) groups is 2. The number of alkyl halides is 17. The van der Waals surface area contributed by atoms with Crippen LogP contribution in [0.3, 0.4) is 0 Å². The molecule has 0 saturated carbocycles. The van der Waals surface area contributed by atoms with Gasteiger partial charge in [-0.15, -0.1) is 0 Å². The molecule has 7 nitrogen and oxygen atoms in total. The molecule has 0 heterocycles. The average Bonchev–Trinajstić information content (AvgIpc) is 2.78. The maximum atomic E-state index is 14.2. The van der Waals surface area contributed by atoms with Crippen molar-refractivity contribution in [1.29, 1.82) is 0 Å². The molecule has 0 spiro atoms. The summed E-state index contributed by atoms with van der Waals surface area (Å²) in [5, 5.41) is 2.44. The van der Waals surface area contributed by atoms with Gasteiger partial charge in [-0.3, -0.25) is 4.79 Å². The van der Waals surface area contributed by atoms with Crippen molar-refractivity contribution in [2.45, 2.75) is 66.7 Å². The zero-order valence-electron chi connectivity index (χ0n) is 20.3. The van der Waals surface area contributed by atoms with Crippen LogP contribution in [0.5, 0.6) is 0 Å². The molecule has 0 fully saturated rings. The summed E-state index contributed by atoms with van der Waals surface area (Å²) in [6.07, 6.45) is -9.97. The van der Waals surface area contributed by atoms with E-state index in [0.717, 1.165) is 0 Å². The van der Waals surface area contributed by atoms with E-state index in [4.69, 9.17) is 0 Å². The van der Waals surface area contributed by atoms with Gasteiger partial charge in [0.25, 0.3) is 10.0 Å². The molecule has 244 valence electrons. The van der Waals surface area contributed by atoms with Crippen LogP contribution in [-0.2, 0) is 24.3 Å². The monoisotopic (exact) mass is 709 g/mol. The number of aliphatic carboxylic acids is 1. The summed E-state index contributed by atoms with van der Waals surface area (Å²) in [5.41, 5.74) is 0. The second kappa shape index (κ2) is 13.3. The molecule has 0 aliphatic rings. The zero-order valence-corrected chi connectivity index (χ0v) is 24.2. The van der Waals surface area contributed by atoms with Crippen LogP contribution >= 0.6 is 0 Å². The Bertz CT molecular complexity index is 1080. The number of sulfonamides is 1. The van der Waals surface area contributed by atoms with Crippen molar-refractivity contribution < 1.29 is 154 Å². The molecule has 0 aliphatic heterocycles. The van der Waals surface area contributed by atoms with Gasteiger partial charge in [-0.1, -0.05) is 6.92 Å². The van der Waals surface area contributed by atoms with Crippen LogP contribution in [-0.4, -0.2) is 91.3 Å². The van der Waals surface area contributed by atoms with Crippen LogP contribution in [0.2, 0.25) is 0 Å². The van der Waals surface area contributed by atoms with E-state index in [0.29, 0.717) is 6.92 Å².